The van der Waals surface area contributed by atoms with E-state index in [2.05, 4.69) is 30.7 Å². The van der Waals surface area contributed by atoms with Crippen LogP contribution in [0.2, 0.25) is 5.15 Å². The molecule has 20 heavy (non-hydrogen) atoms. The van der Waals surface area contributed by atoms with E-state index in [9.17, 15) is 4.39 Å². The van der Waals surface area contributed by atoms with Crippen molar-refractivity contribution in [1.29, 1.82) is 0 Å². The van der Waals surface area contributed by atoms with Gasteiger partial charge in [0.1, 0.15) is 0 Å². The van der Waals surface area contributed by atoms with Crippen molar-refractivity contribution < 1.29 is 9.13 Å². The van der Waals surface area contributed by atoms with Crippen molar-refractivity contribution in [2.24, 2.45) is 0 Å². The van der Waals surface area contributed by atoms with Gasteiger partial charge in [-0.05, 0) is 39.7 Å². The molecule has 0 saturated carbocycles. The first-order valence-electron chi connectivity index (χ1n) is 6.90. The maximum absolute atomic E-state index is 13.6. The molecule has 5 heteroatoms. The molecule has 0 atom stereocenters. The lowest BCUT2D eigenvalue weighted by molar-refractivity contribution is -0.0767. The zero-order valence-electron chi connectivity index (χ0n) is 12.5. The van der Waals surface area contributed by atoms with Crippen molar-refractivity contribution in [1.82, 2.24) is 9.88 Å². The number of piperidine rings is 1. The van der Waals surface area contributed by atoms with E-state index >= 15 is 0 Å². The second-order valence-corrected chi connectivity index (χ2v) is 6.71. The van der Waals surface area contributed by atoms with Crippen LogP contribution < -0.4 is 0 Å². The van der Waals surface area contributed by atoms with Gasteiger partial charge >= 0.3 is 0 Å². The molecule has 0 amide bonds. The van der Waals surface area contributed by atoms with Gasteiger partial charge in [-0.25, -0.2) is 9.37 Å². The Balaban J connectivity index is 2.22. The average molecular weight is 301 g/mol. The van der Waals surface area contributed by atoms with Crippen LogP contribution in [0, 0.1) is 5.82 Å². The highest BCUT2D eigenvalue weighted by Crippen LogP contribution is 2.38. The number of hydrogen-bond donors (Lipinski definition) is 0. The normalized spacial score (nSPS) is 20.1. The monoisotopic (exact) mass is 300 g/mol. The molecule has 0 bridgehead atoms. The molecule has 0 N–H and O–H groups in total. The van der Waals surface area contributed by atoms with Crippen LogP contribution in [0.25, 0.3) is 0 Å². The predicted octanol–water partition coefficient (Wildman–Crippen LogP) is 3.61. The second-order valence-electron chi connectivity index (χ2n) is 6.35. The smallest absolute Gasteiger partial charge is 0.164 e. The number of pyridine rings is 1. The van der Waals surface area contributed by atoms with E-state index in [1.54, 1.807) is 13.3 Å². The number of halogens is 2. The number of rotatable bonds is 2. The van der Waals surface area contributed by atoms with Crippen LogP contribution in [0.1, 0.15) is 39.2 Å². The molecule has 112 valence electrons. The van der Waals surface area contributed by atoms with Gasteiger partial charge in [-0.3, -0.25) is 4.90 Å². The number of aromatic nitrogens is 1. The topological polar surface area (TPSA) is 25.4 Å². The first-order chi connectivity index (χ1) is 9.28. The summed E-state index contributed by atoms with van der Waals surface area (Å²) in [5.74, 6) is -0.487. The minimum absolute atomic E-state index is 0.0906. The molecular weight excluding hydrogens is 279 g/mol. The lowest BCUT2D eigenvalue weighted by Crippen LogP contribution is -2.51. The van der Waals surface area contributed by atoms with Gasteiger partial charge in [0, 0.05) is 37.5 Å². The average Bonchev–Trinajstić information content (AvgIpc) is 2.41. The minimum Gasteiger partial charge on any atom is -0.373 e. The molecule has 1 saturated heterocycles. The summed E-state index contributed by atoms with van der Waals surface area (Å²) < 4.78 is 19.4. The molecule has 0 aliphatic carbocycles. The van der Waals surface area contributed by atoms with Gasteiger partial charge in [0.05, 0.1) is 5.60 Å². The Bertz CT molecular complexity index is 479. The third kappa shape index (κ3) is 2.97. The van der Waals surface area contributed by atoms with Crippen molar-refractivity contribution in [3.8, 4) is 0 Å². The van der Waals surface area contributed by atoms with Crippen molar-refractivity contribution in [2.45, 2.75) is 44.8 Å². The lowest BCUT2D eigenvalue weighted by Gasteiger charge is -2.46. The number of ether oxygens (including phenoxy) is 1. The maximum atomic E-state index is 13.6. The van der Waals surface area contributed by atoms with Gasteiger partial charge in [0.15, 0.2) is 11.0 Å². The Labute approximate surface area is 125 Å². The van der Waals surface area contributed by atoms with Crippen molar-refractivity contribution >= 4 is 11.6 Å². The summed E-state index contributed by atoms with van der Waals surface area (Å²) in [6.45, 7) is 8.45. The molecule has 0 radical (unpaired) electrons. The summed E-state index contributed by atoms with van der Waals surface area (Å²) in [5, 5.41) is -0.0906. The summed E-state index contributed by atoms with van der Waals surface area (Å²) in [6.07, 6.45) is 3.27. The van der Waals surface area contributed by atoms with Crippen LogP contribution in [0.15, 0.2) is 12.3 Å². The van der Waals surface area contributed by atoms with Crippen LogP contribution in [0.4, 0.5) is 4.39 Å². The van der Waals surface area contributed by atoms with E-state index in [4.69, 9.17) is 16.3 Å². The van der Waals surface area contributed by atoms with Crippen molar-refractivity contribution in [3.05, 3.63) is 28.8 Å². The molecule has 1 fully saturated rings. The number of methoxy groups -OCH3 is 1. The molecule has 0 aromatic carbocycles. The Morgan fingerprint density at radius 2 is 1.95 bits per heavy atom. The van der Waals surface area contributed by atoms with Crippen molar-refractivity contribution in [3.63, 3.8) is 0 Å². The number of likely N-dealkylation sites (tertiary alicyclic amines) is 1. The summed E-state index contributed by atoms with van der Waals surface area (Å²) in [6, 6.07) is 1.45. The molecule has 2 heterocycles. The fourth-order valence-corrected chi connectivity index (χ4v) is 2.92. The van der Waals surface area contributed by atoms with Gasteiger partial charge in [-0.2, -0.15) is 0 Å². The van der Waals surface area contributed by atoms with Gasteiger partial charge in [0.25, 0.3) is 0 Å². The molecule has 3 nitrogen and oxygen atoms in total. The zero-order chi connectivity index (χ0) is 15.0. The van der Waals surface area contributed by atoms with Gasteiger partial charge in [0.2, 0.25) is 0 Å². The zero-order valence-corrected chi connectivity index (χ0v) is 13.3. The van der Waals surface area contributed by atoms with E-state index in [1.807, 2.05) is 0 Å². The molecule has 1 aliphatic heterocycles. The van der Waals surface area contributed by atoms with Crippen LogP contribution >= 0.6 is 11.6 Å². The van der Waals surface area contributed by atoms with E-state index in [1.165, 1.54) is 6.07 Å². The van der Waals surface area contributed by atoms with Crippen LogP contribution in [0.5, 0.6) is 0 Å². The van der Waals surface area contributed by atoms with E-state index in [0.717, 1.165) is 31.5 Å². The Morgan fingerprint density at radius 1 is 1.35 bits per heavy atom. The standard InChI is InChI=1S/C15H22ClFN2O/c1-14(2,3)19-7-5-15(20-4,6-8-19)11-9-12(17)13(16)18-10-11/h9-10H,5-8H2,1-4H3. The first kappa shape index (κ1) is 15.7. The molecule has 1 aliphatic rings. The predicted molar refractivity (Wildman–Crippen MR) is 78.5 cm³/mol. The molecule has 1 aromatic heterocycles. The van der Waals surface area contributed by atoms with Crippen molar-refractivity contribution in [2.75, 3.05) is 20.2 Å². The van der Waals surface area contributed by atoms with Crippen LogP contribution in [0.3, 0.4) is 0 Å². The Morgan fingerprint density at radius 3 is 2.40 bits per heavy atom. The van der Waals surface area contributed by atoms with Crippen LogP contribution in [-0.2, 0) is 10.3 Å². The molecule has 0 unspecified atom stereocenters. The molecular formula is C15H22ClFN2O. The second kappa shape index (κ2) is 5.58. The molecule has 2 rings (SSSR count). The van der Waals surface area contributed by atoms with Gasteiger partial charge < -0.3 is 4.74 Å². The summed E-state index contributed by atoms with van der Waals surface area (Å²) in [7, 11) is 1.68. The summed E-state index contributed by atoms with van der Waals surface area (Å²) >= 11 is 5.66. The van der Waals surface area contributed by atoms with Gasteiger partial charge in [-0.15, -0.1) is 0 Å². The largest absolute Gasteiger partial charge is 0.373 e. The molecule has 1 aromatic rings. The van der Waals surface area contributed by atoms with Gasteiger partial charge in [-0.1, -0.05) is 11.6 Å². The van der Waals surface area contributed by atoms with E-state index < -0.39 is 11.4 Å². The highest BCUT2D eigenvalue weighted by Gasteiger charge is 2.39. The fourth-order valence-electron chi connectivity index (χ4n) is 2.82. The highest BCUT2D eigenvalue weighted by molar-refractivity contribution is 6.29. The third-order valence-electron chi connectivity index (χ3n) is 4.23. The SMILES string of the molecule is COC1(c2cnc(Cl)c(F)c2)CCN(C(C)(C)C)CC1. The Kier molecular flexibility index (Phi) is 4.38. The minimum atomic E-state index is -0.487. The fraction of sp³-hybridized carbons (Fsp3) is 0.667. The maximum Gasteiger partial charge on any atom is 0.164 e. The Hall–Kier alpha value is -0.710. The lowest BCUT2D eigenvalue weighted by atomic mass is 9.83. The number of nitrogens with zero attached hydrogens (tertiary/aromatic N) is 2. The summed E-state index contributed by atoms with van der Waals surface area (Å²) in [4.78, 5) is 6.33. The highest BCUT2D eigenvalue weighted by atomic mass is 35.5. The summed E-state index contributed by atoms with van der Waals surface area (Å²) in [5.41, 5.74) is 0.458. The quantitative estimate of drug-likeness (QED) is 0.780. The first-order valence-corrected chi connectivity index (χ1v) is 7.28. The molecule has 0 spiro atoms. The van der Waals surface area contributed by atoms with E-state index in [0.29, 0.717) is 0 Å². The van der Waals surface area contributed by atoms with Crippen LogP contribution in [-0.4, -0.2) is 35.6 Å². The van der Waals surface area contributed by atoms with E-state index in [-0.39, 0.29) is 10.7 Å². The third-order valence-corrected chi connectivity index (χ3v) is 4.51. The number of hydrogen-bond acceptors (Lipinski definition) is 3.